The fraction of sp³-hybridized carbons (Fsp3) is 0.125. The molecule has 0 saturated carbocycles. The first-order valence-electron chi connectivity index (χ1n) is 9.14. The quantitative estimate of drug-likeness (QED) is 0.650. The van der Waals surface area contributed by atoms with Crippen molar-refractivity contribution in [2.24, 2.45) is 0 Å². The lowest BCUT2D eigenvalue weighted by Crippen LogP contribution is -2.23. The van der Waals surface area contributed by atoms with Crippen molar-refractivity contribution in [2.75, 3.05) is 14.2 Å². The van der Waals surface area contributed by atoms with Gasteiger partial charge in [0, 0.05) is 5.57 Å². The number of fused-ring (bicyclic) bond motifs is 1. The van der Waals surface area contributed by atoms with Crippen LogP contribution < -0.4 is 14.2 Å². The number of Topliss-reactive ketones (excluding diaryl/α,β-unsaturated/α-hetero) is 1. The molecule has 0 radical (unpaired) electrons. The van der Waals surface area contributed by atoms with Gasteiger partial charge in [-0.3, -0.25) is 4.79 Å². The van der Waals surface area contributed by atoms with Crippen molar-refractivity contribution in [3.63, 3.8) is 0 Å². The summed E-state index contributed by atoms with van der Waals surface area (Å²) >= 11 is 0. The van der Waals surface area contributed by atoms with Gasteiger partial charge < -0.3 is 19.3 Å². The molecule has 1 atom stereocenters. The fourth-order valence-corrected chi connectivity index (χ4v) is 3.42. The van der Waals surface area contributed by atoms with E-state index >= 15 is 0 Å². The van der Waals surface area contributed by atoms with Gasteiger partial charge in [-0.15, -0.1) is 0 Å². The summed E-state index contributed by atoms with van der Waals surface area (Å²) < 4.78 is 16.7. The normalized spacial score (nSPS) is 16.8. The highest BCUT2D eigenvalue weighted by Gasteiger charge is 2.32. The van der Waals surface area contributed by atoms with E-state index in [1.807, 2.05) is 42.5 Å². The number of carbonyl (C=O) groups excluding carboxylic acids is 1. The van der Waals surface area contributed by atoms with Gasteiger partial charge in [-0.05, 0) is 41.5 Å². The molecule has 0 aliphatic carbocycles. The van der Waals surface area contributed by atoms with Crippen LogP contribution in [-0.4, -0.2) is 25.1 Å². The minimum absolute atomic E-state index is 0.0895. The maximum Gasteiger partial charge on any atom is 0.200 e. The summed E-state index contributed by atoms with van der Waals surface area (Å²) in [5, 5.41) is 10.2. The van der Waals surface area contributed by atoms with Gasteiger partial charge in [-0.2, -0.15) is 0 Å². The van der Waals surface area contributed by atoms with Crippen LogP contribution in [0.5, 0.6) is 23.0 Å². The molecule has 3 aromatic carbocycles. The molecule has 0 amide bonds. The molecule has 1 N–H and O–H groups in total. The number of aromatic hydroxyl groups is 1. The van der Waals surface area contributed by atoms with Gasteiger partial charge in [-0.25, -0.2) is 0 Å². The largest absolute Gasteiger partial charge is 0.502 e. The molecule has 0 spiro atoms. The molecule has 1 aliphatic heterocycles. The Morgan fingerprint density at radius 3 is 2.21 bits per heavy atom. The number of methoxy groups -OCH3 is 2. The Morgan fingerprint density at radius 1 is 0.931 bits per heavy atom. The summed E-state index contributed by atoms with van der Waals surface area (Å²) in [7, 11) is 2.92. The molecule has 0 fully saturated rings. The van der Waals surface area contributed by atoms with Crippen molar-refractivity contribution < 1.29 is 24.1 Å². The van der Waals surface area contributed by atoms with Crippen LogP contribution in [0, 0.1) is 0 Å². The van der Waals surface area contributed by atoms with Gasteiger partial charge in [0.05, 0.1) is 19.8 Å². The van der Waals surface area contributed by atoms with E-state index in [0.29, 0.717) is 22.4 Å². The van der Waals surface area contributed by atoms with Crippen molar-refractivity contribution in [1.82, 2.24) is 0 Å². The molecule has 1 heterocycles. The van der Waals surface area contributed by atoms with Gasteiger partial charge in [-0.1, -0.05) is 42.5 Å². The molecule has 0 aromatic heterocycles. The zero-order chi connectivity index (χ0) is 20.4. The average Bonchev–Trinajstić information content (AvgIpc) is 2.77. The molecule has 1 unspecified atom stereocenters. The lowest BCUT2D eigenvalue weighted by atomic mass is 9.89. The van der Waals surface area contributed by atoms with E-state index in [0.717, 1.165) is 5.56 Å². The summed E-state index contributed by atoms with van der Waals surface area (Å²) in [6.45, 7) is 0. The highest BCUT2D eigenvalue weighted by Crippen LogP contribution is 2.41. The number of hydrogen-bond donors (Lipinski definition) is 1. The van der Waals surface area contributed by atoms with Crippen molar-refractivity contribution in [3.8, 4) is 23.0 Å². The third-order valence-corrected chi connectivity index (χ3v) is 4.85. The number of phenols is 1. The molecule has 0 saturated heterocycles. The van der Waals surface area contributed by atoms with Crippen LogP contribution in [0.3, 0.4) is 0 Å². The predicted molar refractivity (Wildman–Crippen MR) is 110 cm³/mol. The second kappa shape index (κ2) is 7.72. The third-order valence-electron chi connectivity index (χ3n) is 4.85. The number of hydrogen-bond acceptors (Lipinski definition) is 5. The van der Waals surface area contributed by atoms with E-state index in [2.05, 4.69) is 0 Å². The van der Waals surface area contributed by atoms with Crippen LogP contribution >= 0.6 is 0 Å². The lowest BCUT2D eigenvalue weighted by molar-refractivity contribution is 0.0963. The van der Waals surface area contributed by atoms with Crippen molar-refractivity contribution in [3.05, 3.63) is 89.0 Å². The lowest BCUT2D eigenvalue weighted by Gasteiger charge is -2.28. The van der Waals surface area contributed by atoms with E-state index < -0.39 is 6.10 Å². The molecule has 5 nitrogen and oxygen atoms in total. The Balaban J connectivity index is 1.88. The fourth-order valence-electron chi connectivity index (χ4n) is 3.42. The molecular weight excluding hydrogens is 368 g/mol. The van der Waals surface area contributed by atoms with Crippen LogP contribution in [-0.2, 0) is 0 Å². The van der Waals surface area contributed by atoms with Crippen LogP contribution in [0.15, 0.2) is 72.3 Å². The smallest absolute Gasteiger partial charge is 0.200 e. The molecule has 4 rings (SSSR count). The second-order valence-corrected chi connectivity index (χ2v) is 6.61. The standard InChI is InChI=1S/C24H20O5/c1-27-20-13-15(14-21(28-2)23(20)26)12-18-22(25)17-10-6-7-11-19(17)29-24(18)16-8-4-3-5-9-16/h3-14,24,26H,1-2H3/b18-12-. The van der Waals surface area contributed by atoms with E-state index in [9.17, 15) is 9.90 Å². The maximum absolute atomic E-state index is 13.3. The monoisotopic (exact) mass is 388 g/mol. The number of phenolic OH excluding ortho intramolecular Hbond substituents is 1. The summed E-state index contributed by atoms with van der Waals surface area (Å²) in [6.07, 6.45) is 1.20. The summed E-state index contributed by atoms with van der Waals surface area (Å²) in [5.74, 6) is 0.887. The van der Waals surface area contributed by atoms with Crippen molar-refractivity contribution >= 4 is 11.9 Å². The van der Waals surface area contributed by atoms with E-state index in [1.54, 1.807) is 30.3 Å². The molecular formula is C24H20O5. The van der Waals surface area contributed by atoms with Crippen molar-refractivity contribution in [2.45, 2.75) is 6.10 Å². The highest BCUT2D eigenvalue weighted by atomic mass is 16.5. The first-order chi connectivity index (χ1) is 14.1. The molecule has 0 bridgehead atoms. The van der Waals surface area contributed by atoms with Gasteiger partial charge in [0.25, 0.3) is 0 Å². The zero-order valence-electron chi connectivity index (χ0n) is 16.1. The molecule has 3 aromatic rings. The molecule has 5 heteroatoms. The topological polar surface area (TPSA) is 65.0 Å². The minimum atomic E-state index is -0.551. The van der Waals surface area contributed by atoms with Crippen molar-refractivity contribution in [1.29, 1.82) is 0 Å². The molecule has 146 valence electrons. The van der Waals surface area contributed by atoms with Gasteiger partial charge >= 0.3 is 0 Å². The van der Waals surface area contributed by atoms with E-state index in [4.69, 9.17) is 14.2 Å². The van der Waals surface area contributed by atoms with E-state index in [1.165, 1.54) is 14.2 Å². The SMILES string of the molecule is COc1cc(/C=C2/C(=O)c3ccccc3OC2c2ccccc2)cc(OC)c1O. The first kappa shape index (κ1) is 18.6. The molecule has 1 aliphatic rings. The zero-order valence-corrected chi connectivity index (χ0v) is 16.1. The van der Waals surface area contributed by atoms with Crippen LogP contribution in [0.4, 0.5) is 0 Å². The minimum Gasteiger partial charge on any atom is -0.502 e. The summed E-state index contributed by atoms with van der Waals surface area (Å²) in [4.78, 5) is 13.3. The number of ether oxygens (including phenoxy) is 3. The Bertz CT molecular complexity index is 1060. The highest BCUT2D eigenvalue weighted by molar-refractivity contribution is 6.14. The average molecular weight is 388 g/mol. The first-order valence-corrected chi connectivity index (χ1v) is 9.14. The molecule has 29 heavy (non-hydrogen) atoms. The van der Waals surface area contributed by atoms with Gasteiger partial charge in [0.1, 0.15) is 5.75 Å². The van der Waals surface area contributed by atoms with E-state index in [-0.39, 0.29) is 23.0 Å². The Hall–Kier alpha value is -3.73. The third kappa shape index (κ3) is 3.43. The number of para-hydroxylation sites is 1. The maximum atomic E-state index is 13.3. The number of ketones is 1. The Morgan fingerprint density at radius 2 is 1.55 bits per heavy atom. The number of benzene rings is 3. The second-order valence-electron chi connectivity index (χ2n) is 6.61. The predicted octanol–water partition coefficient (Wildman–Crippen LogP) is 4.81. The Kier molecular flexibility index (Phi) is 4.96. The van der Waals surface area contributed by atoms with Crippen LogP contribution in [0.25, 0.3) is 6.08 Å². The number of rotatable bonds is 4. The Labute approximate surface area is 168 Å². The number of carbonyl (C=O) groups is 1. The van der Waals surface area contributed by atoms with Crippen LogP contribution in [0.1, 0.15) is 27.6 Å². The summed E-state index contributed by atoms with van der Waals surface area (Å²) in [6, 6.07) is 20.1. The summed E-state index contributed by atoms with van der Waals surface area (Å²) in [5.41, 5.74) is 2.54. The van der Waals surface area contributed by atoms with Crippen LogP contribution in [0.2, 0.25) is 0 Å². The van der Waals surface area contributed by atoms with Gasteiger partial charge in [0.15, 0.2) is 23.4 Å². The van der Waals surface area contributed by atoms with Gasteiger partial charge in [0.2, 0.25) is 5.75 Å².